The van der Waals surface area contributed by atoms with Crippen LogP contribution in [-0.2, 0) is 9.59 Å². The van der Waals surface area contributed by atoms with Crippen LogP contribution in [0.2, 0.25) is 0 Å². The van der Waals surface area contributed by atoms with Gasteiger partial charge in [0.15, 0.2) is 6.61 Å². The lowest BCUT2D eigenvalue weighted by atomic mass is 10.1. The maximum Gasteiger partial charge on any atom is 0.262 e. The number of rotatable bonds is 8. The molecule has 0 aliphatic rings. The highest BCUT2D eigenvalue weighted by Crippen LogP contribution is 2.22. The number of fused-ring (bicyclic) bond motifs is 1. The van der Waals surface area contributed by atoms with Crippen molar-refractivity contribution < 1.29 is 14.3 Å². The number of carbonyl (C=O) groups is 2. The molecule has 4 aromatic carbocycles. The molecule has 0 saturated heterocycles. The SMILES string of the molecule is O=C(COc1ccccc1)Nc1ccc(SCC(=O)Nc2ccc3ccccc3c2)cc1. The van der Waals surface area contributed by atoms with Crippen LogP contribution in [0.4, 0.5) is 11.4 Å². The summed E-state index contributed by atoms with van der Waals surface area (Å²) in [6.07, 6.45) is 0. The predicted molar refractivity (Wildman–Crippen MR) is 130 cm³/mol. The first-order chi connectivity index (χ1) is 15.7. The largest absolute Gasteiger partial charge is 0.484 e. The lowest BCUT2D eigenvalue weighted by Gasteiger charge is -2.09. The van der Waals surface area contributed by atoms with Crippen molar-refractivity contribution in [3.05, 3.63) is 97.1 Å². The van der Waals surface area contributed by atoms with E-state index in [0.717, 1.165) is 21.4 Å². The van der Waals surface area contributed by atoms with Crippen molar-refractivity contribution in [1.82, 2.24) is 0 Å². The quantitative estimate of drug-likeness (QED) is 0.349. The van der Waals surface area contributed by atoms with Gasteiger partial charge in [-0.3, -0.25) is 9.59 Å². The smallest absolute Gasteiger partial charge is 0.262 e. The molecule has 0 aliphatic carbocycles. The number of para-hydroxylation sites is 1. The van der Waals surface area contributed by atoms with Gasteiger partial charge in [0.05, 0.1) is 5.75 Å². The summed E-state index contributed by atoms with van der Waals surface area (Å²) in [5.41, 5.74) is 1.46. The summed E-state index contributed by atoms with van der Waals surface area (Å²) in [4.78, 5) is 25.3. The minimum Gasteiger partial charge on any atom is -0.484 e. The van der Waals surface area contributed by atoms with Crippen molar-refractivity contribution in [2.24, 2.45) is 0 Å². The summed E-state index contributed by atoms with van der Waals surface area (Å²) in [6.45, 7) is -0.0601. The van der Waals surface area contributed by atoms with Crippen LogP contribution in [0.15, 0.2) is 102 Å². The normalized spacial score (nSPS) is 10.5. The minimum atomic E-state index is -0.232. The first-order valence-electron chi connectivity index (χ1n) is 10.1. The van der Waals surface area contributed by atoms with Crippen LogP contribution in [-0.4, -0.2) is 24.2 Å². The van der Waals surface area contributed by atoms with E-state index in [2.05, 4.69) is 10.6 Å². The standard InChI is InChI=1S/C26H22N2O3S/c29-25(17-31-23-8-2-1-3-9-23)27-21-12-14-24(15-13-21)32-18-26(30)28-22-11-10-19-6-4-5-7-20(19)16-22/h1-16H,17-18H2,(H,27,29)(H,28,30). The number of hydrogen-bond donors (Lipinski definition) is 2. The molecule has 4 rings (SSSR count). The number of amides is 2. The fourth-order valence-electron chi connectivity index (χ4n) is 3.11. The monoisotopic (exact) mass is 442 g/mol. The van der Waals surface area contributed by atoms with Gasteiger partial charge in [-0.2, -0.15) is 0 Å². The second-order valence-electron chi connectivity index (χ2n) is 7.07. The molecule has 0 spiro atoms. The fourth-order valence-corrected chi connectivity index (χ4v) is 3.81. The zero-order valence-electron chi connectivity index (χ0n) is 17.3. The molecule has 0 saturated carbocycles. The molecule has 0 aromatic heterocycles. The molecule has 0 unspecified atom stereocenters. The van der Waals surface area contributed by atoms with Gasteiger partial charge >= 0.3 is 0 Å². The van der Waals surface area contributed by atoms with Crippen LogP contribution < -0.4 is 15.4 Å². The predicted octanol–water partition coefficient (Wildman–Crippen LogP) is 5.59. The second-order valence-corrected chi connectivity index (χ2v) is 8.12. The third kappa shape index (κ3) is 6.12. The van der Waals surface area contributed by atoms with Crippen molar-refractivity contribution in [3.63, 3.8) is 0 Å². The lowest BCUT2D eigenvalue weighted by molar-refractivity contribution is -0.118. The summed E-state index contributed by atoms with van der Waals surface area (Å²) >= 11 is 1.44. The van der Waals surface area contributed by atoms with E-state index in [1.54, 1.807) is 12.1 Å². The van der Waals surface area contributed by atoms with E-state index < -0.39 is 0 Å². The number of thioether (sulfide) groups is 1. The van der Waals surface area contributed by atoms with Gasteiger partial charge in [0.1, 0.15) is 5.75 Å². The van der Waals surface area contributed by atoms with Crippen molar-refractivity contribution in [2.45, 2.75) is 4.90 Å². The van der Waals surface area contributed by atoms with E-state index >= 15 is 0 Å². The van der Waals surface area contributed by atoms with Gasteiger partial charge < -0.3 is 15.4 Å². The number of nitrogens with one attached hydrogen (secondary N) is 2. The zero-order valence-corrected chi connectivity index (χ0v) is 18.1. The number of benzene rings is 4. The molecule has 0 bridgehead atoms. The van der Waals surface area contributed by atoms with Crippen molar-refractivity contribution in [1.29, 1.82) is 0 Å². The Kier molecular flexibility index (Phi) is 7.05. The van der Waals surface area contributed by atoms with E-state index in [-0.39, 0.29) is 18.4 Å². The Bertz CT molecular complexity index is 1210. The summed E-state index contributed by atoms with van der Waals surface area (Å²) in [5.74, 6) is 0.643. The van der Waals surface area contributed by atoms with E-state index in [9.17, 15) is 9.59 Å². The van der Waals surface area contributed by atoms with Crippen LogP contribution >= 0.6 is 11.8 Å². The molecule has 0 fully saturated rings. The molecular weight excluding hydrogens is 420 g/mol. The van der Waals surface area contributed by atoms with Gasteiger partial charge in [-0.1, -0.05) is 48.5 Å². The molecule has 0 atom stereocenters. The Balaban J connectivity index is 1.23. The third-order valence-corrected chi connectivity index (χ3v) is 5.67. The third-order valence-electron chi connectivity index (χ3n) is 4.65. The molecule has 6 heteroatoms. The summed E-state index contributed by atoms with van der Waals surface area (Å²) < 4.78 is 5.44. The number of hydrogen-bond acceptors (Lipinski definition) is 4. The number of anilines is 2. The van der Waals surface area contributed by atoms with E-state index in [0.29, 0.717) is 17.2 Å². The van der Waals surface area contributed by atoms with Crippen molar-refractivity contribution in [3.8, 4) is 5.75 Å². The topological polar surface area (TPSA) is 67.4 Å². The highest BCUT2D eigenvalue weighted by molar-refractivity contribution is 8.00. The van der Waals surface area contributed by atoms with Gasteiger partial charge in [0.2, 0.25) is 5.91 Å². The van der Waals surface area contributed by atoms with Gasteiger partial charge in [0.25, 0.3) is 5.91 Å². The van der Waals surface area contributed by atoms with Crippen LogP contribution in [0.1, 0.15) is 0 Å². The van der Waals surface area contributed by atoms with E-state index in [1.165, 1.54) is 11.8 Å². The molecule has 32 heavy (non-hydrogen) atoms. The molecule has 4 aromatic rings. The van der Waals surface area contributed by atoms with Crippen LogP contribution in [0.3, 0.4) is 0 Å². The van der Waals surface area contributed by atoms with Gasteiger partial charge in [0, 0.05) is 16.3 Å². The molecule has 160 valence electrons. The highest BCUT2D eigenvalue weighted by atomic mass is 32.2. The Labute approximate surface area is 190 Å². The van der Waals surface area contributed by atoms with Crippen LogP contribution in [0, 0.1) is 0 Å². The maximum absolute atomic E-state index is 12.3. The average molecular weight is 443 g/mol. The average Bonchev–Trinajstić information content (AvgIpc) is 2.83. The number of carbonyl (C=O) groups excluding carboxylic acids is 2. The Morgan fingerprint density at radius 1 is 0.688 bits per heavy atom. The molecule has 0 heterocycles. The van der Waals surface area contributed by atoms with Gasteiger partial charge in [-0.15, -0.1) is 11.8 Å². The van der Waals surface area contributed by atoms with E-state index in [4.69, 9.17) is 4.74 Å². The molecule has 5 nitrogen and oxygen atoms in total. The van der Waals surface area contributed by atoms with Crippen LogP contribution in [0.5, 0.6) is 5.75 Å². The van der Waals surface area contributed by atoms with Gasteiger partial charge in [-0.05, 0) is 59.3 Å². The van der Waals surface area contributed by atoms with Crippen molar-refractivity contribution >= 4 is 45.7 Å². The Morgan fingerprint density at radius 3 is 2.12 bits per heavy atom. The molecular formula is C26H22N2O3S. The second kappa shape index (κ2) is 10.5. The lowest BCUT2D eigenvalue weighted by Crippen LogP contribution is -2.20. The molecule has 2 N–H and O–H groups in total. The first kappa shape index (κ1) is 21.5. The highest BCUT2D eigenvalue weighted by Gasteiger charge is 2.07. The zero-order chi connectivity index (χ0) is 22.2. The fraction of sp³-hybridized carbons (Fsp3) is 0.0769. The molecule has 2 amide bonds. The minimum absolute atomic E-state index is 0.0601. The summed E-state index contributed by atoms with van der Waals surface area (Å²) in [6, 6.07) is 30.5. The van der Waals surface area contributed by atoms with E-state index in [1.807, 2.05) is 84.9 Å². The van der Waals surface area contributed by atoms with Crippen molar-refractivity contribution in [2.75, 3.05) is 23.0 Å². The number of ether oxygens (including phenoxy) is 1. The Morgan fingerprint density at radius 2 is 1.34 bits per heavy atom. The van der Waals surface area contributed by atoms with Crippen LogP contribution in [0.25, 0.3) is 10.8 Å². The molecule has 0 radical (unpaired) electrons. The Hall–Kier alpha value is -3.77. The summed E-state index contributed by atoms with van der Waals surface area (Å²) in [7, 11) is 0. The van der Waals surface area contributed by atoms with Gasteiger partial charge in [-0.25, -0.2) is 0 Å². The first-order valence-corrected chi connectivity index (χ1v) is 11.1. The summed E-state index contributed by atoms with van der Waals surface area (Å²) in [5, 5.41) is 7.96. The maximum atomic E-state index is 12.3. The molecule has 0 aliphatic heterocycles.